The first kappa shape index (κ1) is 21.2. The van der Waals surface area contributed by atoms with E-state index in [4.69, 9.17) is 4.74 Å². The second-order valence-corrected chi connectivity index (χ2v) is 7.00. The molecule has 1 atom stereocenters. The van der Waals surface area contributed by atoms with E-state index in [0.29, 0.717) is 22.5 Å². The lowest BCUT2D eigenvalue weighted by Crippen LogP contribution is -2.32. The topological polar surface area (TPSA) is 128 Å². The molecule has 10 heteroatoms. The Morgan fingerprint density at radius 3 is 2.40 bits per heavy atom. The smallest absolute Gasteiger partial charge is 0.295 e. The van der Waals surface area contributed by atoms with Crippen LogP contribution in [-0.2, 0) is 21.4 Å². The van der Waals surface area contributed by atoms with Crippen LogP contribution in [0.1, 0.15) is 28.6 Å². The highest BCUT2D eigenvalue weighted by atomic mass is 16.6. The first-order valence-electron chi connectivity index (χ1n) is 9.21. The van der Waals surface area contributed by atoms with E-state index in [2.05, 4.69) is 5.10 Å². The van der Waals surface area contributed by atoms with Crippen molar-refractivity contribution in [2.24, 2.45) is 7.05 Å². The summed E-state index contributed by atoms with van der Waals surface area (Å²) in [5, 5.41) is 26.3. The fourth-order valence-corrected chi connectivity index (χ4v) is 3.68. The number of methoxy groups -OCH3 is 1. The number of aromatic nitrogens is 2. The Hall–Kier alpha value is -3.53. The van der Waals surface area contributed by atoms with Gasteiger partial charge in [0, 0.05) is 38.5 Å². The van der Waals surface area contributed by atoms with E-state index < -0.39 is 22.7 Å². The van der Waals surface area contributed by atoms with Crippen molar-refractivity contribution in [3.05, 3.63) is 62.5 Å². The Morgan fingerprint density at radius 1 is 1.27 bits per heavy atom. The van der Waals surface area contributed by atoms with Crippen molar-refractivity contribution in [3.63, 3.8) is 0 Å². The molecule has 10 nitrogen and oxygen atoms in total. The van der Waals surface area contributed by atoms with E-state index in [1.54, 1.807) is 25.6 Å². The third-order valence-corrected chi connectivity index (χ3v) is 5.24. The minimum Gasteiger partial charge on any atom is -0.507 e. The molecule has 3 rings (SSSR count). The quantitative estimate of drug-likeness (QED) is 0.252. The Labute approximate surface area is 172 Å². The molecule has 2 heterocycles. The number of aliphatic hydroxyl groups is 1. The Balaban J connectivity index is 2.21. The largest absolute Gasteiger partial charge is 0.507 e. The zero-order valence-corrected chi connectivity index (χ0v) is 17.1. The number of nitro groups is 1. The summed E-state index contributed by atoms with van der Waals surface area (Å²) in [6.07, 6.45) is 0. The maximum Gasteiger partial charge on any atom is 0.295 e. The van der Waals surface area contributed by atoms with Gasteiger partial charge >= 0.3 is 0 Å². The zero-order valence-electron chi connectivity index (χ0n) is 17.1. The molecule has 1 aliphatic heterocycles. The lowest BCUT2D eigenvalue weighted by molar-refractivity contribution is -0.384. The fraction of sp³-hybridized carbons (Fsp3) is 0.350. The Morgan fingerprint density at radius 2 is 1.90 bits per heavy atom. The molecule has 1 fully saturated rings. The molecule has 1 aromatic heterocycles. The van der Waals surface area contributed by atoms with Crippen molar-refractivity contribution < 1.29 is 24.4 Å². The first-order chi connectivity index (χ1) is 14.2. The summed E-state index contributed by atoms with van der Waals surface area (Å²) in [6, 6.07) is 4.65. The number of amides is 1. The number of nitro benzene ring substituents is 1. The highest BCUT2D eigenvalue weighted by Crippen LogP contribution is 2.40. The van der Waals surface area contributed by atoms with Gasteiger partial charge in [0.25, 0.3) is 17.4 Å². The molecular weight excluding hydrogens is 392 g/mol. The minimum absolute atomic E-state index is 0.0795. The number of carbonyl (C=O) groups excluding carboxylic acids is 2. The molecule has 1 saturated heterocycles. The number of ketones is 1. The second-order valence-electron chi connectivity index (χ2n) is 7.00. The summed E-state index contributed by atoms with van der Waals surface area (Å²) in [7, 11) is 3.18. The average Bonchev–Trinajstić information content (AvgIpc) is 3.11. The average molecular weight is 414 g/mol. The molecule has 1 N–H and O–H groups in total. The van der Waals surface area contributed by atoms with Gasteiger partial charge < -0.3 is 14.7 Å². The van der Waals surface area contributed by atoms with Gasteiger partial charge in [-0.1, -0.05) is 0 Å². The molecule has 1 amide bonds. The predicted octanol–water partition coefficient (Wildman–Crippen LogP) is 2.01. The van der Waals surface area contributed by atoms with Crippen LogP contribution in [0, 0.1) is 24.0 Å². The molecule has 158 valence electrons. The van der Waals surface area contributed by atoms with Crippen molar-refractivity contribution in [3.8, 4) is 0 Å². The number of Topliss-reactive ketones (excluding diaryl/α,β-unsaturated/α-hetero) is 1. The maximum atomic E-state index is 12.9. The van der Waals surface area contributed by atoms with Crippen LogP contribution in [0.15, 0.2) is 29.8 Å². The van der Waals surface area contributed by atoms with Crippen LogP contribution >= 0.6 is 0 Å². The second kappa shape index (κ2) is 8.07. The van der Waals surface area contributed by atoms with Crippen LogP contribution in [0.4, 0.5) is 5.69 Å². The van der Waals surface area contributed by atoms with Gasteiger partial charge in [-0.05, 0) is 31.5 Å². The number of non-ortho nitro benzene ring substituents is 1. The number of likely N-dealkylation sites (tertiary alicyclic amines) is 1. The molecule has 0 radical (unpaired) electrons. The van der Waals surface area contributed by atoms with Gasteiger partial charge in [0.2, 0.25) is 0 Å². The van der Waals surface area contributed by atoms with Crippen LogP contribution in [0.2, 0.25) is 0 Å². The van der Waals surface area contributed by atoms with E-state index in [1.165, 1.54) is 36.3 Å². The summed E-state index contributed by atoms with van der Waals surface area (Å²) in [5.74, 6) is -1.91. The standard InChI is InChI=1S/C20H22N4O6/c1-11-15(12(2)22(3)21-11)18(25)16-17(13-5-7-14(8-6-13)24(28)29)23(9-10-30-4)20(27)19(16)26/h5-8,17,25H,9-10H2,1-4H3/b18-16+. The van der Waals surface area contributed by atoms with Crippen LogP contribution < -0.4 is 0 Å². The normalized spacial score (nSPS) is 18.3. The van der Waals surface area contributed by atoms with Crippen molar-refractivity contribution >= 4 is 23.1 Å². The number of hydrogen-bond donors (Lipinski definition) is 1. The van der Waals surface area contributed by atoms with Gasteiger partial charge in [-0.3, -0.25) is 24.4 Å². The molecule has 2 aromatic rings. The molecule has 0 bridgehead atoms. The molecule has 1 unspecified atom stereocenters. The number of rotatable bonds is 6. The predicted molar refractivity (Wildman–Crippen MR) is 107 cm³/mol. The molecule has 0 aliphatic carbocycles. The minimum atomic E-state index is -0.903. The van der Waals surface area contributed by atoms with E-state index in [0.717, 1.165) is 0 Å². The highest BCUT2D eigenvalue weighted by Gasteiger charge is 2.46. The number of hydrogen-bond acceptors (Lipinski definition) is 7. The molecule has 0 spiro atoms. The highest BCUT2D eigenvalue weighted by molar-refractivity contribution is 6.46. The van der Waals surface area contributed by atoms with Gasteiger partial charge in [-0.2, -0.15) is 5.10 Å². The van der Waals surface area contributed by atoms with Crippen molar-refractivity contribution in [1.82, 2.24) is 14.7 Å². The van der Waals surface area contributed by atoms with E-state index in [1.807, 2.05) is 0 Å². The van der Waals surface area contributed by atoms with Gasteiger partial charge in [-0.25, -0.2) is 0 Å². The summed E-state index contributed by atoms with van der Waals surface area (Å²) in [6.45, 7) is 3.74. The molecular formula is C20H22N4O6. The van der Waals surface area contributed by atoms with Crippen LogP contribution in [0.3, 0.4) is 0 Å². The van der Waals surface area contributed by atoms with Gasteiger partial charge in [0.1, 0.15) is 5.76 Å². The Bertz CT molecular complexity index is 1050. The molecule has 30 heavy (non-hydrogen) atoms. The molecule has 1 aliphatic rings. The van der Waals surface area contributed by atoms with E-state index >= 15 is 0 Å². The maximum absolute atomic E-state index is 12.9. The van der Waals surface area contributed by atoms with Crippen LogP contribution in [-0.4, -0.2) is 56.7 Å². The fourth-order valence-electron chi connectivity index (χ4n) is 3.68. The Kier molecular flexibility index (Phi) is 5.70. The van der Waals surface area contributed by atoms with E-state index in [9.17, 15) is 24.8 Å². The summed E-state index contributed by atoms with van der Waals surface area (Å²) in [4.78, 5) is 37.4. The number of benzene rings is 1. The van der Waals surface area contributed by atoms with Gasteiger partial charge in [-0.15, -0.1) is 0 Å². The third-order valence-electron chi connectivity index (χ3n) is 5.24. The molecule has 1 aromatic carbocycles. The lowest BCUT2D eigenvalue weighted by atomic mass is 9.94. The van der Waals surface area contributed by atoms with E-state index in [-0.39, 0.29) is 30.2 Å². The van der Waals surface area contributed by atoms with Crippen molar-refractivity contribution in [2.45, 2.75) is 19.9 Å². The third kappa shape index (κ3) is 3.45. The van der Waals surface area contributed by atoms with Crippen LogP contribution in [0.25, 0.3) is 5.76 Å². The van der Waals surface area contributed by atoms with Crippen molar-refractivity contribution in [1.29, 1.82) is 0 Å². The summed E-state index contributed by atoms with van der Waals surface area (Å²) < 4.78 is 6.63. The number of carbonyl (C=O) groups is 2. The summed E-state index contributed by atoms with van der Waals surface area (Å²) >= 11 is 0. The van der Waals surface area contributed by atoms with Crippen LogP contribution in [0.5, 0.6) is 0 Å². The van der Waals surface area contributed by atoms with Crippen molar-refractivity contribution in [2.75, 3.05) is 20.3 Å². The van der Waals surface area contributed by atoms with Gasteiger partial charge in [0.15, 0.2) is 0 Å². The number of nitrogens with zero attached hydrogens (tertiary/aromatic N) is 4. The SMILES string of the molecule is COCCN1C(=O)C(=O)/C(=C(/O)c2c(C)nn(C)c2C)C1c1ccc([N+](=O)[O-])cc1. The summed E-state index contributed by atoms with van der Waals surface area (Å²) in [5.41, 5.74) is 1.80. The molecule has 0 saturated carbocycles. The van der Waals surface area contributed by atoms with Gasteiger partial charge in [0.05, 0.1) is 34.4 Å². The number of aliphatic hydroxyl groups excluding tert-OH is 1. The monoisotopic (exact) mass is 414 g/mol. The zero-order chi connectivity index (χ0) is 22.2. The number of aryl methyl sites for hydroxylation is 2. The first-order valence-corrected chi connectivity index (χ1v) is 9.21. The lowest BCUT2D eigenvalue weighted by Gasteiger charge is -2.25. The number of ether oxygens (including phenoxy) is 1.